The zero-order valence-corrected chi connectivity index (χ0v) is 23.0. The van der Waals surface area contributed by atoms with Gasteiger partial charge in [-0.15, -0.1) is 0 Å². The molecule has 2 N–H and O–H groups in total. The van der Waals surface area contributed by atoms with Gasteiger partial charge in [0.2, 0.25) is 0 Å². The van der Waals surface area contributed by atoms with E-state index in [1.165, 1.54) is 19.3 Å². The van der Waals surface area contributed by atoms with E-state index in [2.05, 4.69) is 12.2 Å². The highest BCUT2D eigenvalue weighted by molar-refractivity contribution is 6.30. The maximum atomic E-state index is 12.6. The summed E-state index contributed by atoms with van der Waals surface area (Å²) in [7, 11) is 0. The zero-order valence-electron chi connectivity index (χ0n) is 22.2. The monoisotopic (exact) mass is 551 g/mol. The number of unbranched alkanes of at least 4 members (excludes halogenated alkanes) is 4. The molecule has 7 nitrogen and oxygen atoms in total. The molecular weight excluding hydrogens is 518 g/mol. The number of amides is 1. The number of carbonyl (C=O) groups is 3. The number of esters is 1. The number of ether oxygens (including phenoxy) is 2. The number of hydrogen-bond donors (Lipinski definition) is 2. The molecule has 0 saturated carbocycles. The van der Waals surface area contributed by atoms with Crippen molar-refractivity contribution in [3.05, 3.63) is 94.0 Å². The third kappa shape index (κ3) is 9.45. The number of aryl methyl sites for hydroxylation is 1. The minimum Gasteiger partial charge on any atom is -0.494 e. The molecule has 0 spiro atoms. The molecule has 39 heavy (non-hydrogen) atoms. The van der Waals surface area contributed by atoms with Gasteiger partial charge >= 0.3 is 11.9 Å². The van der Waals surface area contributed by atoms with E-state index in [0.717, 1.165) is 12.8 Å². The number of hydrogen-bond acceptors (Lipinski definition) is 5. The summed E-state index contributed by atoms with van der Waals surface area (Å²) in [5.74, 6) is -1.13. The summed E-state index contributed by atoms with van der Waals surface area (Å²) in [6.07, 6.45) is 5.87. The topological polar surface area (TPSA) is 102 Å². The number of aliphatic carboxylic acids is 1. The molecule has 0 aliphatic carbocycles. The maximum Gasteiger partial charge on any atom is 0.343 e. The second-order valence-corrected chi connectivity index (χ2v) is 9.78. The normalized spacial score (nSPS) is 11.5. The predicted octanol–water partition coefficient (Wildman–Crippen LogP) is 6.64. The molecule has 0 saturated heterocycles. The molecule has 3 rings (SSSR count). The first kappa shape index (κ1) is 29.7. The summed E-state index contributed by atoms with van der Waals surface area (Å²) in [5, 5.41) is 12.7. The average Bonchev–Trinajstić information content (AvgIpc) is 2.91. The van der Waals surface area contributed by atoms with Crippen LogP contribution in [-0.2, 0) is 11.2 Å². The van der Waals surface area contributed by atoms with Gasteiger partial charge < -0.3 is 19.9 Å². The van der Waals surface area contributed by atoms with Gasteiger partial charge in [0.1, 0.15) is 17.5 Å². The van der Waals surface area contributed by atoms with E-state index in [9.17, 15) is 19.5 Å². The zero-order chi connectivity index (χ0) is 28.2. The highest BCUT2D eigenvalue weighted by atomic mass is 35.5. The second kappa shape index (κ2) is 14.9. The van der Waals surface area contributed by atoms with Gasteiger partial charge in [0.15, 0.2) is 0 Å². The number of benzene rings is 3. The predicted molar refractivity (Wildman–Crippen MR) is 151 cm³/mol. The summed E-state index contributed by atoms with van der Waals surface area (Å²) < 4.78 is 11.2. The fourth-order valence-corrected chi connectivity index (χ4v) is 4.22. The average molecular weight is 552 g/mol. The van der Waals surface area contributed by atoms with Crippen LogP contribution in [0.5, 0.6) is 11.5 Å². The SMILES string of the molecule is CCCCCCCOc1ccc(C(=O)Oc2ccc(C[C@H](NC(=O)c3ccc(Cl)cc3C)C(=O)O)cc2)cc1. The smallest absolute Gasteiger partial charge is 0.343 e. The highest BCUT2D eigenvalue weighted by Gasteiger charge is 2.22. The lowest BCUT2D eigenvalue weighted by atomic mass is 10.0. The quantitative estimate of drug-likeness (QED) is 0.132. The molecule has 0 aromatic heterocycles. The lowest BCUT2D eigenvalue weighted by Crippen LogP contribution is -2.42. The van der Waals surface area contributed by atoms with Gasteiger partial charge in [0.25, 0.3) is 5.91 Å². The van der Waals surface area contributed by atoms with Gasteiger partial charge in [-0.1, -0.05) is 56.3 Å². The van der Waals surface area contributed by atoms with Gasteiger partial charge in [0, 0.05) is 17.0 Å². The Balaban J connectivity index is 1.52. The minimum absolute atomic E-state index is 0.0575. The Morgan fingerprint density at radius 1 is 0.897 bits per heavy atom. The van der Waals surface area contributed by atoms with Gasteiger partial charge in [-0.05, 0) is 79.1 Å². The molecule has 3 aromatic rings. The van der Waals surface area contributed by atoms with Crippen LogP contribution in [0.1, 0.15) is 70.9 Å². The molecule has 0 radical (unpaired) electrons. The molecule has 0 aliphatic rings. The maximum absolute atomic E-state index is 12.6. The highest BCUT2D eigenvalue weighted by Crippen LogP contribution is 2.19. The lowest BCUT2D eigenvalue weighted by molar-refractivity contribution is -0.139. The van der Waals surface area contributed by atoms with Crippen molar-refractivity contribution < 1.29 is 29.0 Å². The number of carboxylic acids is 1. The van der Waals surface area contributed by atoms with Gasteiger partial charge in [-0.25, -0.2) is 9.59 Å². The van der Waals surface area contributed by atoms with Crippen molar-refractivity contribution in [2.75, 3.05) is 6.61 Å². The fourth-order valence-electron chi connectivity index (χ4n) is 4.00. The number of halogens is 1. The molecule has 206 valence electrons. The molecule has 1 amide bonds. The number of rotatable bonds is 14. The first-order chi connectivity index (χ1) is 18.8. The van der Waals surface area contributed by atoms with Crippen LogP contribution in [0.4, 0.5) is 0 Å². The van der Waals surface area contributed by atoms with Crippen molar-refractivity contribution in [1.82, 2.24) is 5.32 Å². The summed E-state index contributed by atoms with van der Waals surface area (Å²) in [6, 6.07) is 17.0. The van der Waals surface area contributed by atoms with E-state index in [0.29, 0.717) is 45.4 Å². The Kier molecular flexibility index (Phi) is 11.4. The van der Waals surface area contributed by atoms with Crippen LogP contribution in [0.25, 0.3) is 0 Å². The standard InChI is InChI=1S/C31H34ClNO6/c1-3-4-5-6-7-18-38-25-15-10-23(11-16-25)31(37)39-26-13-8-22(9-14-26)20-28(30(35)36)33-29(34)27-17-12-24(32)19-21(27)2/h8-17,19,28H,3-7,18,20H2,1-2H3,(H,33,34)(H,35,36)/t28-/m0/s1. The molecule has 3 aromatic carbocycles. The van der Waals surface area contributed by atoms with E-state index < -0.39 is 23.9 Å². The number of carbonyl (C=O) groups excluding carboxylic acids is 2. The third-order valence-electron chi connectivity index (χ3n) is 6.22. The van der Waals surface area contributed by atoms with Gasteiger partial charge in [-0.2, -0.15) is 0 Å². The molecule has 1 atom stereocenters. The van der Waals surface area contributed by atoms with Crippen molar-refractivity contribution in [2.24, 2.45) is 0 Å². The van der Waals surface area contributed by atoms with E-state index in [1.54, 1.807) is 73.7 Å². The van der Waals surface area contributed by atoms with Crippen molar-refractivity contribution in [1.29, 1.82) is 0 Å². The summed E-state index contributed by atoms with van der Waals surface area (Å²) >= 11 is 5.94. The third-order valence-corrected chi connectivity index (χ3v) is 6.45. The van der Waals surface area contributed by atoms with Crippen molar-refractivity contribution in [3.8, 4) is 11.5 Å². The van der Waals surface area contributed by atoms with Crippen LogP contribution in [0.2, 0.25) is 5.02 Å². The summed E-state index contributed by atoms with van der Waals surface area (Å²) in [5.41, 5.74) is 2.05. The lowest BCUT2D eigenvalue weighted by Gasteiger charge is -2.16. The van der Waals surface area contributed by atoms with Crippen molar-refractivity contribution >= 4 is 29.4 Å². The van der Waals surface area contributed by atoms with Crippen LogP contribution in [0.3, 0.4) is 0 Å². The van der Waals surface area contributed by atoms with Crippen LogP contribution < -0.4 is 14.8 Å². The molecular formula is C31H34ClNO6. The van der Waals surface area contributed by atoms with Crippen LogP contribution in [-0.4, -0.2) is 35.6 Å². The van der Waals surface area contributed by atoms with E-state index >= 15 is 0 Å². The Labute approximate surface area is 234 Å². The van der Waals surface area contributed by atoms with Crippen LogP contribution in [0, 0.1) is 6.92 Å². The van der Waals surface area contributed by atoms with Crippen molar-refractivity contribution in [2.45, 2.75) is 58.4 Å². The van der Waals surface area contributed by atoms with Crippen molar-refractivity contribution in [3.63, 3.8) is 0 Å². The molecule has 0 aliphatic heterocycles. The minimum atomic E-state index is -1.16. The van der Waals surface area contributed by atoms with Gasteiger partial charge in [0.05, 0.1) is 12.2 Å². The van der Waals surface area contributed by atoms with Crippen LogP contribution >= 0.6 is 11.6 Å². The Bertz CT molecular complexity index is 1260. The Hall–Kier alpha value is -3.84. The Morgan fingerprint density at radius 2 is 1.56 bits per heavy atom. The summed E-state index contributed by atoms with van der Waals surface area (Å²) in [6.45, 7) is 4.56. The Morgan fingerprint density at radius 3 is 2.21 bits per heavy atom. The molecule has 8 heteroatoms. The first-order valence-corrected chi connectivity index (χ1v) is 13.5. The fraction of sp³-hybridized carbons (Fsp3) is 0.323. The van der Waals surface area contributed by atoms with Gasteiger partial charge in [-0.3, -0.25) is 4.79 Å². The largest absolute Gasteiger partial charge is 0.494 e. The van der Waals surface area contributed by atoms with E-state index in [1.807, 2.05) is 0 Å². The molecule has 0 bridgehead atoms. The molecule has 0 heterocycles. The number of nitrogens with one attached hydrogen (secondary N) is 1. The van der Waals surface area contributed by atoms with E-state index in [-0.39, 0.29) is 6.42 Å². The summed E-state index contributed by atoms with van der Waals surface area (Å²) in [4.78, 5) is 37.0. The van der Waals surface area contributed by atoms with E-state index in [4.69, 9.17) is 21.1 Å². The second-order valence-electron chi connectivity index (χ2n) is 9.35. The number of carboxylic acid groups (broad SMARTS) is 1. The molecule has 0 unspecified atom stereocenters. The van der Waals surface area contributed by atoms with Crippen LogP contribution in [0.15, 0.2) is 66.7 Å². The first-order valence-electron chi connectivity index (χ1n) is 13.1. The molecule has 0 fully saturated rings.